The maximum Gasteiger partial charge on any atom is 0.309 e. The zero-order valence-electron chi connectivity index (χ0n) is 12.2. The van der Waals surface area contributed by atoms with Gasteiger partial charge in [0, 0.05) is 0 Å². The smallest absolute Gasteiger partial charge is 0.309 e. The summed E-state index contributed by atoms with van der Waals surface area (Å²) in [5.74, 6) is 0.445. The fourth-order valence-electron chi connectivity index (χ4n) is 4.41. The second-order valence-electron chi connectivity index (χ2n) is 7.14. The van der Waals surface area contributed by atoms with Crippen molar-refractivity contribution >= 4 is 11.9 Å². The largest absolute Gasteiger partial charge is 0.481 e. The average Bonchev–Trinajstić information content (AvgIpc) is 3.18. The van der Waals surface area contributed by atoms with E-state index in [1.807, 2.05) is 6.92 Å². The molecule has 4 aliphatic carbocycles. The van der Waals surface area contributed by atoms with Crippen LogP contribution >= 0.6 is 0 Å². The van der Waals surface area contributed by atoms with Gasteiger partial charge < -0.3 is 10.2 Å². The lowest BCUT2D eigenvalue weighted by atomic mass is 9.78. The first-order valence-corrected chi connectivity index (χ1v) is 7.73. The van der Waals surface area contributed by atoms with Crippen LogP contribution in [0.15, 0.2) is 24.3 Å². The summed E-state index contributed by atoms with van der Waals surface area (Å²) >= 11 is 0. The fourth-order valence-corrected chi connectivity index (χ4v) is 4.41. The molecule has 2 saturated carbocycles. The molecule has 0 aromatic heterocycles. The molecular formula is C17H22O4. The van der Waals surface area contributed by atoms with Gasteiger partial charge in [-0.05, 0) is 56.3 Å². The quantitative estimate of drug-likeness (QED) is 0.767. The lowest BCUT2D eigenvalue weighted by molar-refractivity contribution is -0.149. The lowest BCUT2D eigenvalue weighted by Crippen LogP contribution is -2.31. The minimum absolute atomic E-state index is 0.0741. The summed E-state index contributed by atoms with van der Waals surface area (Å²) in [5, 5.41) is 17.7. The fraction of sp³-hybridized carbons (Fsp3) is 0.647. The molecule has 0 heterocycles. The van der Waals surface area contributed by atoms with E-state index in [-0.39, 0.29) is 5.92 Å². The zero-order valence-corrected chi connectivity index (χ0v) is 12.2. The van der Waals surface area contributed by atoms with Crippen molar-refractivity contribution in [3.8, 4) is 0 Å². The highest BCUT2D eigenvalue weighted by Crippen LogP contribution is 2.51. The molecule has 4 rings (SSSR count). The van der Waals surface area contributed by atoms with Gasteiger partial charge in [-0.15, -0.1) is 0 Å². The Morgan fingerprint density at radius 2 is 1.71 bits per heavy atom. The van der Waals surface area contributed by atoms with Gasteiger partial charge in [0.05, 0.1) is 11.3 Å². The highest BCUT2D eigenvalue weighted by molar-refractivity contribution is 5.76. The first-order chi connectivity index (χ1) is 9.90. The summed E-state index contributed by atoms with van der Waals surface area (Å²) in [6, 6.07) is 0. The molecule has 4 nitrogen and oxygen atoms in total. The van der Waals surface area contributed by atoms with Crippen LogP contribution in [0.5, 0.6) is 0 Å². The topological polar surface area (TPSA) is 74.6 Å². The number of allylic oxidation sites excluding steroid dienone is 4. The summed E-state index contributed by atoms with van der Waals surface area (Å²) < 4.78 is 0. The Hall–Kier alpha value is -1.58. The van der Waals surface area contributed by atoms with E-state index in [2.05, 4.69) is 24.3 Å². The van der Waals surface area contributed by atoms with Crippen LogP contribution in [0.25, 0.3) is 0 Å². The van der Waals surface area contributed by atoms with Gasteiger partial charge in [-0.1, -0.05) is 24.3 Å². The predicted octanol–water partition coefficient (Wildman–Crippen LogP) is 2.96. The van der Waals surface area contributed by atoms with Crippen LogP contribution in [-0.2, 0) is 9.59 Å². The third-order valence-electron chi connectivity index (χ3n) is 5.76. The third kappa shape index (κ3) is 2.41. The Kier molecular flexibility index (Phi) is 3.42. The Bertz CT molecular complexity index is 521. The molecule has 0 saturated heterocycles. The molecule has 4 aliphatic rings. The summed E-state index contributed by atoms with van der Waals surface area (Å²) in [6.07, 6.45) is 12.3. The summed E-state index contributed by atoms with van der Waals surface area (Å²) in [6.45, 7) is 1.86. The van der Waals surface area contributed by atoms with Crippen molar-refractivity contribution < 1.29 is 19.8 Å². The molecule has 4 heteroatoms. The summed E-state index contributed by atoms with van der Waals surface area (Å²) in [7, 11) is 0. The molecule has 114 valence electrons. The first kappa shape index (κ1) is 14.4. The van der Waals surface area contributed by atoms with Gasteiger partial charge >= 0.3 is 11.9 Å². The van der Waals surface area contributed by atoms with Crippen LogP contribution in [0, 0.1) is 35.0 Å². The Morgan fingerprint density at radius 3 is 2.00 bits per heavy atom. The molecule has 21 heavy (non-hydrogen) atoms. The van der Waals surface area contributed by atoms with E-state index in [0.717, 1.165) is 25.7 Å². The zero-order chi connectivity index (χ0) is 15.2. The molecule has 0 aromatic carbocycles. The highest BCUT2D eigenvalue weighted by Gasteiger charge is 2.50. The number of carboxylic acid groups (broad SMARTS) is 2. The summed E-state index contributed by atoms with van der Waals surface area (Å²) in [5.41, 5.74) is -0.459. The molecule has 0 aromatic rings. The highest BCUT2D eigenvalue weighted by atomic mass is 16.4. The van der Waals surface area contributed by atoms with Gasteiger partial charge in [0.2, 0.25) is 0 Å². The van der Waals surface area contributed by atoms with Crippen molar-refractivity contribution in [3.05, 3.63) is 24.3 Å². The van der Waals surface area contributed by atoms with E-state index in [4.69, 9.17) is 10.2 Å². The van der Waals surface area contributed by atoms with E-state index in [1.54, 1.807) is 0 Å². The van der Waals surface area contributed by atoms with Crippen molar-refractivity contribution in [2.24, 2.45) is 35.0 Å². The molecule has 2 N–H and O–H groups in total. The monoisotopic (exact) mass is 290 g/mol. The van der Waals surface area contributed by atoms with Crippen molar-refractivity contribution in [1.82, 2.24) is 0 Å². The van der Waals surface area contributed by atoms with Gasteiger partial charge in [-0.3, -0.25) is 9.59 Å². The number of carbonyl (C=O) groups is 2. The lowest BCUT2D eigenvalue weighted by Gasteiger charge is -2.25. The van der Waals surface area contributed by atoms with Gasteiger partial charge in [0.15, 0.2) is 0 Å². The average molecular weight is 290 g/mol. The summed E-state index contributed by atoms with van der Waals surface area (Å²) in [4.78, 5) is 21.4. The van der Waals surface area contributed by atoms with Gasteiger partial charge in [-0.2, -0.15) is 0 Å². The molecular weight excluding hydrogens is 268 g/mol. The molecule has 0 radical (unpaired) electrons. The van der Waals surface area contributed by atoms with E-state index in [1.165, 1.54) is 0 Å². The van der Waals surface area contributed by atoms with Crippen molar-refractivity contribution in [1.29, 1.82) is 0 Å². The van der Waals surface area contributed by atoms with Gasteiger partial charge in [0.25, 0.3) is 0 Å². The van der Waals surface area contributed by atoms with E-state index >= 15 is 0 Å². The molecule has 6 atom stereocenters. The van der Waals surface area contributed by atoms with Crippen molar-refractivity contribution in [3.63, 3.8) is 0 Å². The number of fused-ring (bicyclic) bond motifs is 4. The molecule has 6 unspecified atom stereocenters. The molecule has 0 aliphatic heterocycles. The van der Waals surface area contributed by atoms with Crippen molar-refractivity contribution in [2.45, 2.75) is 32.6 Å². The first-order valence-electron chi connectivity index (χ1n) is 7.73. The molecule has 2 fully saturated rings. The maximum absolute atomic E-state index is 10.9. The Labute approximate surface area is 124 Å². The number of hydrogen-bond donors (Lipinski definition) is 2. The number of rotatable bonds is 2. The van der Waals surface area contributed by atoms with Crippen LogP contribution in [0.1, 0.15) is 32.6 Å². The van der Waals surface area contributed by atoms with E-state index < -0.39 is 17.4 Å². The van der Waals surface area contributed by atoms with Crippen LogP contribution in [0.2, 0.25) is 0 Å². The maximum atomic E-state index is 10.9. The minimum Gasteiger partial charge on any atom is -0.481 e. The SMILES string of the molecule is CC1(C(=O)O)CC2C=CC1C2.O=C(O)C1CC2C=CC1C2. The minimum atomic E-state index is -0.630. The normalized spacial score (nSPS) is 44.7. The number of carboxylic acids is 2. The van der Waals surface area contributed by atoms with E-state index in [9.17, 15) is 9.59 Å². The van der Waals surface area contributed by atoms with Crippen LogP contribution in [0.3, 0.4) is 0 Å². The Balaban J connectivity index is 0.000000126. The third-order valence-corrected chi connectivity index (χ3v) is 5.76. The number of aliphatic carboxylic acids is 2. The Morgan fingerprint density at radius 1 is 1.00 bits per heavy atom. The second-order valence-corrected chi connectivity index (χ2v) is 7.14. The van der Waals surface area contributed by atoms with Gasteiger partial charge in [0.1, 0.15) is 0 Å². The molecule has 0 spiro atoms. The standard InChI is InChI=1S/C9H12O2.C8H10O2/c1-9(8(10)11)5-6-2-3-7(9)4-6;9-8(10)7-4-5-1-2-6(7)3-5/h2-3,6-7H,4-5H2,1H3,(H,10,11);1-2,5-7H,3-4H2,(H,9,10). The van der Waals surface area contributed by atoms with Gasteiger partial charge in [-0.25, -0.2) is 0 Å². The van der Waals surface area contributed by atoms with Crippen molar-refractivity contribution in [2.75, 3.05) is 0 Å². The van der Waals surface area contributed by atoms with Crippen LogP contribution in [-0.4, -0.2) is 22.2 Å². The van der Waals surface area contributed by atoms with E-state index in [0.29, 0.717) is 23.7 Å². The molecule has 4 bridgehead atoms. The number of hydrogen-bond acceptors (Lipinski definition) is 2. The van der Waals surface area contributed by atoms with Crippen LogP contribution in [0.4, 0.5) is 0 Å². The predicted molar refractivity (Wildman–Crippen MR) is 77.6 cm³/mol. The van der Waals surface area contributed by atoms with Crippen LogP contribution < -0.4 is 0 Å². The molecule has 0 amide bonds. The second kappa shape index (κ2) is 5.00.